The summed E-state index contributed by atoms with van der Waals surface area (Å²) in [5.74, 6) is -0.578. The van der Waals surface area contributed by atoms with Crippen LogP contribution in [0.1, 0.15) is 17.3 Å². The summed E-state index contributed by atoms with van der Waals surface area (Å²) in [6.07, 6.45) is 0. The van der Waals surface area contributed by atoms with E-state index in [4.69, 9.17) is 10.2 Å². The Morgan fingerprint density at radius 2 is 2.00 bits per heavy atom. The molecule has 2 N–H and O–H groups in total. The highest BCUT2D eigenvalue weighted by molar-refractivity contribution is 7.80. The number of carbonyl (C=O) groups excluding carboxylic acids is 1. The molecule has 0 saturated carbocycles. The van der Waals surface area contributed by atoms with Crippen LogP contribution >= 0.6 is 12.6 Å². The molecule has 0 aliphatic heterocycles. The minimum atomic E-state index is -0.244. The first-order valence-electron chi connectivity index (χ1n) is 3.28. The molecule has 4 heteroatoms. The zero-order valence-electron chi connectivity index (χ0n) is 6.40. The number of Topliss-reactive ketones (excluding diaryl/α,β-unsaturated/α-hetero) is 1. The van der Waals surface area contributed by atoms with Gasteiger partial charge in [-0.05, 0) is 13.0 Å². The number of aromatic hydroxyl groups is 2. The van der Waals surface area contributed by atoms with Crippen LogP contribution in [-0.2, 0) is 0 Å². The van der Waals surface area contributed by atoms with Gasteiger partial charge in [-0.1, -0.05) is 0 Å². The lowest BCUT2D eigenvalue weighted by molar-refractivity contribution is 0.101. The van der Waals surface area contributed by atoms with Gasteiger partial charge in [0.25, 0.3) is 0 Å². The van der Waals surface area contributed by atoms with Crippen molar-refractivity contribution in [2.24, 2.45) is 0 Å². The number of phenols is 2. The van der Waals surface area contributed by atoms with Crippen LogP contribution in [0.25, 0.3) is 0 Å². The second-order valence-electron chi connectivity index (χ2n) is 2.42. The Bertz CT molecular complexity index is 333. The Hall–Kier alpha value is -1.16. The molecule has 1 aromatic carbocycles. The maximum Gasteiger partial charge on any atom is 0.161 e. The highest BCUT2D eigenvalue weighted by Crippen LogP contribution is 2.30. The lowest BCUT2D eigenvalue weighted by Crippen LogP contribution is -1.93. The maximum absolute atomic E-state index is 10.9. The molecule has 64 valence electrons. The summed E-state index contributed by atoms with van der Waals surface area (Å²) in [7, 11) is 0. The van der Waals surface area contributed by atoms with Gasteiger partial charge in [0, 0.05) is 11.6 Å². The summed E-state index contributed by atoms with van der Waals surface area (Å²) >= 11 is 3.92. The normalized spacial score (nSPS) is 9.83. The third-order valence-corrected chi connectivity index (χ3v) is 1.92. The molecule has 0 aromatic heterocycles. The van der Waals surface area contributed by atoms with Crippen molar-refractivity contribution in [3.63, 3.8) is 0 Å². The van der Waals surface area contributed by atoms with Crippen LogP contribution in [-0.4, -0.2) is 16.0 Å². The van der Waals surface area contributed by atoms with Crippen molar-refractivity contribution in [3.8, 4) is 11.5 Å². The fourth-order valence-electron chi connectivity index (χ4n) is 0.873. The van der Waals surface area contributed by atoms with Gasteiger partial charge < -0.3 is 10.2 Å². The van der Waals surface area contributed by atoms with Crippen LogP contribution in [0.4, 0.5) is 0 Å². The van der Waals surface area contributed by atoms with Crippen LogP contribution in [0.3, 0.4) is 0 Å². The highest BCUT2D eigenvalue weighted by atomic mass is 32.1. The summed E-state index contributed by atoms with van der Waals surface area (Å²) in [5.41, 5.74) is 0.218. The first-order valence-corrected chi connectivity index (χ1v) is 3.73. The van der Waals surface area contributed by atoms with Gasteiger partial charge in [-0.25, -0.2) is 0 Å². The molecule has 0 aliphatic carbocycles. The van der Waals surface area contributed by atoms with E-state index in [1.807, 2.05) is 0 Å². The predicted octanol–water partition coefficient (Wildman–Crippen LogP) is 1.59. The fraction of sp³-hybridized carbons (Fsp3) is 0.125. The first-order chi connectivity index (χ1) is 5.52. The molecule has 0 amide bonds. The summed E-state index contributed by atoms with van der Waals surface area (Å²) < 4.78 is 0. The number of hydrogen-bond donors (Lipinski definition) is 3. The molecule has 1 rings (SSSR count). The molecule has 3 nitrogen and oxygen atoms in total. The molecule has 1 aromatic rings. The second kappa shape index (κ2) is 3.06. The zero-order valence-corrected chi connectivity index (χ0v) is 7.30. The van der Waals surface area contributed by atoms with Crippen molar-refractivity contribution < 1.29 is 15.0 Å². The molecule has 0 saturated heterocycles. The van der Waals surface area contributed by atoms with Crippen molar-refractivity contribution in [2.45, 2.75) is 11.8 Å². The minimum absolute atomic E-state index is 0.143. The highest BCUT2D eigenvalue weighted by Gasteiger charge is 2.09. The van der Waals surface area contributed by atoms with E-state index in [0.29, 0.717) is 0 Å². The lowest BCUT2D eigenvalue weighted by Gasteiger charge is -2.03. The fourth-order valence-corrected chi connectivity index (χ4v) is 1.16. The Kier molecular flexibility index (Phi) is 2.28. The van der Waals surface area contributed by atoms with Crippen molar-refractivity contribution >= 4 is 18.4 Å². The summed E-state index contributed by atoms with van der Waals surface area (Å²) in [6.45, 7) is 1.34. The van der Waals surface area contributed by atoms with Crippen LogP contribution in [0.5, 0.6) is 11.5 Å². The average Bonchev–Trinajstić information content (AvgIpc) is 1.96. The zero-order chi connectivity index (χ0) is 9.30. The lowest BCUT2D eigenvalue weighted by atomic mass is 10.1. The number of phenolic OH excluding ortho intramolecular Hbond substituents is 2. The first kappa shape index (κ1) is 8.93. The average molecular weight is 184 g/mol. The summed E-state index contributed by atoms with van der Waals surface area (Å²) in [5, 5.41) is 18.2. The predicted molar refractivity (Wildman–Crippen MR) is 47.0 cm³/mol. The van der Waals surface area contributed by atoms with E-state index < -0.39 is 0 Å². The number of benzene rings is 1. The number of thiol groups is 1. The van der Waals surface area contributed by atoms with Crippen molar-refractivity contribution in [3.05, 3.63) is 17.7 Å². The third-order valence-electron chi connectivity index (χ3n) is 1.45. The second-order valence-corrected chi connectivity index (χ2v) is 2.86. The molecule has 0 atom stereocenters. The quantitative estimate of drug-likeness (QED) is 0.459. The third kappa shape index (κ3) is 1.53. The number of carbonyl (C=O) groups is 1. The van der Waals surface area contributed by atoms with E-state index in [1.54, 1.807) is 0 Å². The summed E-state index contributed by atoms with van der Waals surface area (Å²) in [4.78, 5) is 11.1. The van der Waals surface area contributed by atoms with Gasteiger partial charge in [0.05, 0.1) is 4.90 Å². The van der Waals surface area contributed by atoms with Crippen molar-refractivity contribution in [1.82, 2.24) is 0 Å². The van der Waals surface area contributed by atoms with E-state index in [2.05, 4.69) is 12.6 Å². The Balaban J connectivity index is 3.37. The maximum atomic E-state index is 10.9. The van der Waals surface area contributed by atoms with E-state index in [9.17, 15) is 4.79 Å². The number of rotatable bonds is 1. The van der Waals surface area contributed by atoms with Gasteiger partial charge in [-0.3, -0.25) is 4.79 Å². The molecular formula is C8H8O3S. The van der Waals surface area contributed by atoms with Crippen LogP contribution < -0.4 is 0 Å². The van der Waals surface area contributed by atoms with Crippen molar-refractivity contribution in [1.29, 1.82) is 0 Å². The standard InChI is InChI=1S/C8H8O3S/c1-4(9)6-2-5(10)3-7(11)8(6)12/h2-3,10-12H,1H3. The largest absolute Gasteiger partial charge is 0.508 e. The number of hydrogen-bond acceptors (Lipinski definition) is 4. The summed E-state index contributed by atoms with van der Waals surface area (Å²) in [6, 6.07) is 2.40. The minimum Gasteiger partial charge on any atom is -0.508 e. The van der Waals surface area contributed by atoms with Gasteiger partial charge in [-0.2, -0.15) is 0 Å². The van der Waals surface area contributed by atoms with Crippen LogP contribution in [0.2, 0.25) is 0 Å². The molecule has 0 spiro atoms. The molecule has 0 heterocycles. The SMILES string of the molecule is CC(=O)c1cc(O)cc(O)c1S. The van der Waals surface area contributed by atoms with Crippen molar-refractivity contribution in [2.75, 3.05) is 0 Å². The molecule has 12 heavy (non-hydrogen) atoms. The van der Waals surface area contributed by atoms with Gasteiger partial charge in [-0.15, -0.1) is 12.6 Å². The van der Waals surface area contributed by atoms with E-state index >= 15 is 0 Å². The molecule has 0 bridgehead atoms. The molecule has 0 fully saturated rings. The van der Waals surface area contributed by atoms with Gasteiger partial charge in [0.1, 0.15) is 11.5 Å². The number of ketones is 1. The van der Waals surface area contributed by atoms with Crippen LogP contribution in [0, 0.1) is 0 Å². The molecule has 0 radical (unpaired) electrons. The Labute approximate surface area is 75.1 Å². The topological polar surface area (TPSA) is 57.5 Å². The van der Waals surface area contributed by atoms with Crippen LogP contribution in [0.15, 0.2) is 17.0 Å². The monoisotopic (exact) mass is 184 g/mol. The van der Waals surface area contributed by atoms with Gasteiger partial charge in [0.15, 0.2) is 5.78 Å². The van der Waals surface area contributed by atoms with E-state index in [-0.39, 0.29) is 27.7 Å². The Morgan fingerprint density at radius 3 is 2.50 bits per heavy atom. The van der Waals surface area contributed by atoms with Gasteiger partial charge in [0.2, 0.25) is 0 Å². The molecule has 0 aliphatic rings. The molecular weight excluding hydrogens is 176 g/mol. The van der Waals surface area contributed by atoms with E-state index in [1.165, 1.54) is 13.0 Å². The smallest absolute Gasteiger partial charge is 0.161 e. The Morgan fingerprint density at radius 1 is 1.42 bits per heavy atom. The van der Waals surface area contributed by atoms with E-state index in [0.717, 1.165) is 6.07 Å². The van der Waals surface area contributed by atoms with Gasteiger partial charge >= 0.3 is 0 Å². The molecule has 0 unspecified atom stereocenters.